The molecule has 166 valence electrons. The Labute approximate surface area is 193 Å². The quantitative estimate of drug-likeness (QED) is 0.360. The Bertz CT molecular complexity index is 1210. The largest absolute Gasteiger partial charge is 0.482 e. The molecule has 4 aromatic rings. The lowest BCUT2D eigenvalue weighted by atomic mass is 10.0. The van der Waals surface area contributed by atoms with Crippen LogP contribution >= 0.6 is 0 Å². The van der Waals surface area contributed by atoms with Crippen LogP contribution in [-0.4, -0.2) is 36.7 Å². The maximum Gasteiger partial charge on any atom is 0.343 e. The van der Waals surface area contributed by atoms with E-state index in [1.807, 2.05) is 96.9 Å². The third-order valence-corrected chi connectivity index (χ3v) is 5.15. The lowest BCUT2D eigenvalue weighted by Gasteiger charge is -2.20. The lowest BCUT2D eigenvalue weighted by Crippen LogP contribution is -2.18. The molecule has 0 saturated heterocycles. The van der Waals surface area contributed by atoms with E-state index < -0.39 is 5.97 Å². The molecule has 6 nitrogen and oxygen atoms in total. The lowest BCUT2D eigenvalue weighted by molar-refractivity contribution is -0.142. The van der Waals surface area contributed by atoms with Gasteiger partial charge in [-0.05, 0) is 17.7 Å². The fraction of sp³-hybridized carbons (Fsp3) is 0.148. The van der Waals surface area contributed by atoms with Crippen molar-refractivity contribution >= 4 is 11.8 Å². The van der Waals surface area contributed by atoms with Gasteiger partial charge in [0.2, 0.25) is 0 Å². The summed E-state index contributed by atoms with van der Waals surface area (Å²) in [6, 6.07) is 27.8. The summed E-state index contributed by atoms with van der Waals surface area (Å²) in [6.45, 7) is 0.478. The summed E-state index contributed by atoms with van der Waals surface area (Å²) in [6.07, 6.45) is 1.80. The Balaban J connectivity index is 1.60. The summed E-state index contributed by atoms with van der Waals surface area (Å²) in [5.41, 5.74) is 4.74. The second kappa shape index (κ2) is 10.4. The van der Waals surface area contributed by atoms with Crippen LogP contribution in [0.25, 0.3) is 22.5 Å². The van der Waals surface area contributed by atoms with Crippen LogP contribution in [0.3, 0.4) is 0 Å². The van der Waals surface area contributed by atoms with Gasteiger partial charge in [0.25, 0.3) is 0 Å². The molecule has 3 aromatic carbocycles. The van der Waals surface area contributed by atoms with E-state index in [0.29, 0.717) is 12.3 Å². The van der Waals surface area contributed by atoms with Gasteiger partial charge in [-0.25, -0.2) is 9.78 Å². The molecular formula is C27H25N3O3. The number of hydrogen-bond donors (Lipinski definition) is 0. The molecule has 1 aromatic heterocycles. The molecule has 0 spiro atoms. The van der Waals surface area contributed by atoms with Crippen LogP contribution in [0.4, 0.5) is 5.82 Å². The second-order valence-electron chi connectivity index (χ2n) is 7.53. The highest BCUT2D eigenvalue weighted by Crippen LogP contribution is 2.30. The Kier molecular flexibility index (Phi) is 6.95. The standard InChI is InChI=1S/C27H25N3O3/c1-30(18-20-10-9-15-23(16-20)33-19-25(31)32-2)24-17-28-26(21-11-5-3-6-12-21)27(29-24)22-13-7-4-8-14-22/h3-17H,18-19H2,1-2H3. The smallest absolute Gasteiger partial charge is 0.343 e. The van der Waals surface area contributed by atoms with Crippen LogP contribution in [0, 0.1) is 0 Å². The van der Waals surface area contributed by atoms with Gasteiger partial charge in [0, 0.05) is 24.7 Å². The van der Waals surface area contributed by atoms with Gasteiger partial charge < -0.3 is 14.4 Å². The Morgan fingerprint density at radius 1 is 0.879 bits per heavy atom. The van der Waals surface area contributed by atoms with E-state index in [1.165, 1.54) is 7.11 Å². The number of esters is 1. The van der Waals surface area contributed by atoms with Crippen LogP contribution in [0.2, 0.25) is 0 Å². The Morgan fingerprint density at radius 2 is 1.55 bits per heavy atom. The zero-order chi connectivity index (χ0) is 23.0. The molecule has 0 atom stereocenters. The SMILES string of the molecule is COC(=O)COc1cccc(CN(C)c2cnc(-c3ccccc3)c(-c3ccccc3)n2)c1. The highest BCUT2D eigenvalue weighted by atomic mass is 16.6. The van der Waals surface area contributed by atoms with Crippen molar-refractivity contribution in [3.63, 3.8) is 0 Å². The first-order valence-electron chi connectivity index (χ1n) is 10.6. The van der Waals surface area contributed by atoms with Gasteiger partial charge in [0.15, 0.2) is 6.61 Å². The number of hydrogen-bond acceptors (Lipinski definition) is 6. The molecule has 4 rings (SSSR count). The molecule has 0 bridgehead atoms. The van der Waals surface area contributed by atoms with Crippen molar-refractivity contribution in [2.45, 2.75) is 6.54 Å². The second-order valence-corrected chi connectivity index (χ2v) is 7.53. The van der Waals surface area contributed by atoms with Crippen LogP contribution in [0.15, 0.2) is 91.1 Å². The molecule has 0 radical (unpaired) electrons. The number of ether oxygens (including phenoxy) is 2. The molecular weight excluding hydrogens is 414 g/mol. The summed E-state index contributed by atoms with van der Waals surface area (Å²) in [7, 11) is 3.31. The zero-order valence-corrected chi connectivity index (χ0v) is 18.6. The minimum Gasteiger partial charge on any atom is -0.482 e. The molecule has 0 aliphatic heterocycles. The van der Waals surface area contributed by atoms with E-state index in [9.17, 15) is 4.79 Å². The number of aromatic nitrogens is 2. The summed E-state index contributed by atoms with van der Waals surface area (Å²) in [5, 5.41) is 0. The topological polar surface area (TPSA) is 64.6 Å². The van der Waals surface area contributed by atoms with Gasteiger partial charge in [0.05, 0.1) is 24.7 Å². The average molecular weight is 440 g/mol. The van der Waals surface area contributed by atoms with Gasteiger partial charge in [-0.3, -0.25) is 4.98 Å². The Morgan fingerprint density at radius 3 is 2.21 bits per heavy atom. The average Bonchev–Trinajstić information content (AvgIpc) is 2.88. The van der Waals surface area contributed by atoms with E-state index in [-0.39, 0.29) is 6.61 Å². The first-order valence-corrected chi connectivity index (χ1v) is 10.6. The fourth-order valence-corrected chi connectivity index (χ4v) is 3.46. The van der Waals surface area contributed by atoms with E-state index >= 15 is 0 Å². The van der Waals surface area contributed by atoms with Crippen molar-refractivity contribution in [1.29, 1.82) is 0 Å². The summed E-state index contributed by atoms with van der Waals surface area (Å²) in [4.78, 5) is 23.1. The van der Waals surface area contributed by atoms with Gasteiger partial charge >= 0.3 is 5.97 Å². The number of nitrogens with zero attached hydrogens (tertiary/aromatic N) is 3. The van der Waals surface area contributed by atoms with Crippen molar-refractivity contribution in [1.82, 2.24) is 9.97 Å². The van der Waals surface area contributed by atoms with Crippen molar-refractivity contribution < 1.29 is 14.3 Å². The number of benzene rings is 3. The predicted molar refractivity (Wildman–Crippen MR) is 129 cm³/mol. The first-order chi connectivity index (χ1) is 16.1. The summed E-state index contributed by atoms with van der Waals surface area (Å²) in [5.74, 6) is 0.955. The van der Waals surface area contributed by atoms with Crippen molar-refractivity contribution in [3.8, 4) is 28.3 Å². The van der Waals surface area contributed by atoms with Crippen LogP contribution in [0.1, 0.15) is 5.56 Å². The third kappa shape index (κ3) is 5.54. The number of rotatable bonds is 8. The molecule has 0 N–H and O–H groups in total. The van der Waals surface area contributed by atoms with Crippen molar-refractivity contribution in [2.24, 2.45) is 0 Å². The monoisotopic (exact) mass is 439 g/mol. The van der Waals surface area contributed by atoms with E-state index in [4.69, 9.17) is 14.7 Å². The fourth-order valence-electron chi connectivity index (χ4n) is 3.46. The minimum atomic E-state index is -0.417. The van der Waals surface area contributed by atoms with E-state index in [1.54, 1.807) is 6.20 Å². The highest BCUT2D eigenvalue weighted by molar-refractivity contribution is 5.78. The third-order valence-electron chi connectivity index (χ3n) is 5.15. The zero-order valence-electron chi connectivity index (χ0n) is 18.6. The molecule has 1 heterocycles. The van der Waals surface area contributed by atoms with Crippen LogP contribution in [0.5, 0.6) is 5.75 Å². The molecule has 0 amide bonds. The summed E-state index contributed by atoms with van der Waals surface area (Å²) < 4.78 is 10.1. The van der Waals surface area contributed by atoms with Crippen LogP contribution in [-0.2, 0) is 16.1 Å². The highest BCUT2D eigenvalue weighted by Gasteiger charge is 2.14. The maximum atomic E-state index is 11.3. The molecule has 6 heteroatoms. The predicted octanol–water partition coefficient (Wildman–Crippen LogP) is 5.00. The Hall–Kier alpha value is -4.19. The van der Waals surface area contributed by atoms with Gasteiger partial charge in [0.1, 0.15) is 11.6 Å². The van der Waals surface area contributed by atoms with Crippen LogP contribution < -0.4 is 9.64 Å². The number of carbonyl (C=O) groups is 1. The van der Waals surface area contributed by atoms with Crippen molar-refractivity contribution in [3.05, 3.63) is 96.7 Å². The normalized spacial score (nSPS) is 10.5. The molecule has 0 unspecified atom stereocenters. The van der Waals surface area contributed by atoms with Gasteiger partial charge in [-0.15, -0.1) is 0 Å². The first kappa shape index (κ1) is 22.0. The number of carbonyl (C=O) groups excluding carboxylic acids is 1. The van der Waals surface area contributed by atoms with E-state index in [0.717, 1.165) is 33.9 Å². The summed E-state index contributed by atoms with van der Waals surface area (Å²) >= 11 is 0. The van der Waals surface area contributed by atoms with Gasteiger partial charge in [-0.2, -0.15) is 0 Å². The minimum absolute atomic E-state index is 0.122. The van der Waals surface area contributed by atoms with E-state index in [2.05, 4.69) is 4.74 Å². The molecule has 0 aliphatic carbocycles. The molecule has 0 fully saturated rings. The van der Waals surface area contributed by atoms with Gasteiger partial charge in [-0.1, -0.05) is 72.8 Å². The molecule has 33 heavy (non-hydrogen) atoms. The maximum absolute atomic E-state index is 11.3. The number of methoxy groups -OCH3 is 1. The molecule has 0 aliphatic rings. The van der Waals surface area contributed by atoms with Crippen molar-refractivity contribution in [2.75, 3.05) is 25.7 Å². The number of anilines is 1. The molecule has 0 saturated carbocycles.